The molecule has 1 aliphatic rings. The molecule has 0 atom stereocenters. The first kappa shape index (κ1) is 20.4. The maximum absolute atomic E-state index is 5.93. The van der Waals surface area contributed by atoms with Gasteiger partial charge in [0.25, 0.3) is 0 Å². The lowest BCUT2D eigenvalue weighted by atomic mass is 9.97. The van der Waals surface area contributed by atoms with Crippen molar-refractivity contribution in [3.05, 3.63) is 59.6 Å². The van der Waals surface area contributed by atoms with E-state index in [0.717, 1.165) is 37.3 Å². The monoisotopic (exact) mass is 403 g/mol. The number of nitrogens with zero attached hydrogens (tertiary/aromatic N) is 4. The fourth-order valence-electron chi connectivity index (χ4n) is 3.07. The minimum Gasteiger partial charge on any atom is -0.422 e. The van der Waals surface area contributed by atoms with E-state index in [1.807, 2.05) is 31.3 Å². The fourth-order valence-corrected chi connectivity index (χ4v) is 3.16. The van der Waals surface area contributed by atoms with E-state index in [1.54, 1.807) is 12.2 Å². The number of hydrogen-bond acceptors (Lipinski definition) is 7. The third kappa shape index (κ3) is 5.56. The van der Waals surface area contributed by atoms with Crippen molar-refractivity contribution in [2.45, 2.75) is 32.3 Å². The summed E-state index contributed by atoms with van der Waals surface area (Å²) in [4.78, 5) is 6.70. The summed E-state index contributed by atoms with van der Waals surface area (Å²) in [7, 11) is 0. The Morgan fingerprint density at radius 3 is 2.89 bits per heavy atom. The predicted octanol–water partition coefficient (Wildman–Crippen LogP) is 3.39. The lowest BCUT2D eigenvalue weighted by molar-refractivity contribution is 0.120. The maximum Gasteiger partial charge on any atom is 0.242 e. The molecule has 3 rings (SSSR count). The lowest BCUT2D eigenvalue weighted by Gasteiger charge is -2.31. The standard InChI is InChI=1S/C20H26ClN5O2/c1-15(17(22)5-4-9-21)13-27-14-19-24-25-20(28-19)16-7-11-26(12-8-16)18-6-2-3-10-23-18/h2-6,10,16H,7-9,11-14,22H2,1H3/b5-4-,17-15-. The molecule has 0 saturated carbocycles. The van der Waals surface area contributed by atoms with E-state index in [2.05, 4.69) is 20.1 Å². The number of ether oxygens (including phenoxy) is 1. The van der Waals surface area contributed by atoms with Gasteiger partial charge in [-0.3, -0.25) is 0 Å². The lowest BCUT2D eigenvalue weighted by Crippen LogP contribution is -2.33. The van der Waals surface area contributed by atoms with Crippen LogP contribution in [0.1, 0.15) is 37.5 Å². The highest BCUT2D eigenvalue weighted by Gasteiger charge is 2.25. The molecule has 0 amide bonds. The molecular formula is C20H26ClN5O2. The van der Waals surface area contributed by atoms with Gasteiger partial charge in [-0.15, -0.1) is 21.8 Å². The smallest absolute Gasteiger partial charge is 0.242 e. The molecule has 1 fully saturated rings. The molecule has 0 unspecified atom stereocenters. The number of rotatable bonds is 8. The number of allylic oxidation sites excluding steroid dienone is 2. The summed E-state index contributed by atoms with van der Waals surface area (Å²) in [5.41, 5.74) is 7.52. The number of alkyl halides is 1. The van der Waals surface area contributed by atoms with Gasteiger partial charge in [-0.05, 0) is 43.5 Å². The SMILES string of the molecule is C/C(COCc1nnc(C2CCN(c3ccccn3)CC2)o1)=C(N)\C=C/CCl. The Balaban J connectivity index is 1.46. The fraction of sp³-hybridized carbons (Fsp3) is 0.450. The Morgan fingerprint density at radius 1 is 1.36 bits per heavy atom. The molecule has 7 nitrogen and oxygen atoms in total. The van der Waals surface area contributed by atoms with Crippen LogP contribution in [0.4, 0.5) is 5.82 Å². The molecule has 28 heavy (non-hydrogen) atoms. The maximum atomic E-state index is 5.93. The van der Waals surface area contributed by atoms with Gasteiger partial charge in [0.05, 0.1) is 6.61 Å². The predicted molar refractivity (Wildman–Crippen MR) is 109 cm³/mol. The first-order valence-corrected chi connectivity index (χ1v) is 9.94. The number of pyridine rings is 1. The summed E-state index contributed by atoms with van der Waals surface area (Å²) in [5.74, 6) is 2.91. The average molecular weight is 404 g/mol. The summed E-state index contributed by atoms with van der Waals surface area (Å²) in [6, 6.07) is 5.98. The van der Waals surface area contributed by atoms with Crippen LogP contribution in [0.25, 0.3) is 0 Å². The van der Waals surface area contributed by atoms with Gasteiger partial charge in [0.1, 0.15) is 12.4 Å². The first-order chi connectivity index (χ1) is 13.7. The molecule has 1 saturated heterocycles. The number of hydrogen-bond donors (Lipinski definition) is 1. The van der Waals surface area contributed by atoms with E-state index in [4.69, 9.17) is 26.5 Å². The summed E-state index contributed by atoms with van der Waals surface area (Å²) < 4.78 is 11.5. The highest BCUT2D eigenvalue weighted by atomic mass is 35.5. The number of nitrogens with two attached hydrogens (primary N) is 1. The molecule has 3 heterocycles. The summed E-state index contributed by atoms with van der Waals surface area (Å²) in [6.07, 6.45) is 7.33. The molecular weight excluding hydrogens is 378 g/mol. The van der Waals surface area contributed by atoms with Gasteiger partial charge < -0.3 is 19.8 Å². The Labute approximate surface area is 170 Å². The zero-order valence-electron chi connectivity index (χ0n) is 16.1. The van der Waals surface area contributed by atoms with Gasteiger partial charge in [0, 0.05) is 36.8 Å². The molecule has 0 bridgehead atoms. The van der Waals surface area contributed by atoms with Crippen LogP contribution in [0, 0.1) is 0 Å². The van der Waals surface area contributed by atoms with Gasteiger partial charge in [0.2, 0.25) is 11.8 Å². The van der Waals surface area contributed by atoms with Crippen LogP contribution in [-0.4, -0.2) is 40.8 Å². The third-order valence-electron chi connectivity index (χ3n) is 4.72. The second kappa shape index (κ2) is 10.2. The van der Waals surface area contributed by atoms with E-state index in [1.165, 1.54) is 0 Å². The van der Waals surface area contributed by atoms with E-state index >= 15 is 0 Å². The largest absolute Gasteiger partial charge is 0.422 e. The molecule has 150 valence electrons. The highest BCUT2D eigenvalue weighted by Crippen LogP contribution is 2.29. The minimum atomic E-state index is 0.267. The first-order valence-electron chi connectivity index (χ1n) is 9.41. The van der Waals surface area contributed by atoms with Crippen molar-refractivity contribution >= 4 is 17.4 Å². The van der Waals surface area contributed by atoms with Crippen molar-refractivity contribution in [3.63, 3.8) is 0 Å². The van der Waals surface area contributed by atoms with Crippen molar-refractivity contribution < 1.29 is 9.15 Å². The van der Waals surface area contributed by atoms with E-state index < -0.39 is 0 Å². The molecule has 0 radical (unpaired) electrons. The molecule has 8 heteroatoms. The van der Waals surface area contributed by atoms with Gasteiger partial charge >= 0.3 is 0 Å². The molecule has 2 aromatic heterocycles. The number of piperidine rings is 1. The normalized spacial score (nSPS) is 16.6. The van der Waals surface area contributed by atoms with Crippen molar-refractivity contribution in [3.8, 4) is 0 Å². The third-order valence-corrected chi connectivity index (χ3v) is 4.90. The minimum absolute atomic E-state index is 0.267. The average Bonchev–Trinajstić information content (AvgIpc) is 3.21. The van der Waals surface area contributed by atoms with Crippen LogP contribution >= 0.6 is 11.6 Å². The molecule has 1 aliphatic heterocycles. The van der Waals surface area contributed by atoms with Gasteiger partial charge in [-0.1, -0.05) is 12.1 Å². The molecule has 0 aliphatic carbocycles. The van der Waals surface area contributed by atoms with Gasteiger partial charge in [0.15, 0.2) is 0 Å². The Kier molecular flexibility index (Phi) is 7.45. The molecule has 0 aromatic carbocycles. The van der Waals surface area contributed by atoms with E-state index in [-0.39, 0.29) is 12.5 Å². The number of anilines is 1. The topological polar surface area (TPSA) is 90.3 Å². The van der Waals surface area contributed by atoms with Crippen LogP contribution in [0.5, 0.6) is 0 Å². The summed E-state index contributed by atoms with van der Waals surface area (Å²) >= 11 is 5.61. The van der Waals surface area contributed by atoms with Gasteiger partial charge in [-0.25, -0.2) is 4.98 Å². The Bertz CT molecular complexity index is 798. The van der Waals surface area contributed by atoms with Crippen LogP contribution in [-0.2, 0) is 11.3 Å². The van der Waals surface area contributed by atoms with E-state index in [0.29, 0.717) is 30.0 Å². The van der Waals surface area contributed by atoms with Crippen molar-refractivity contribution in [2.24, 2.45) is 5.73 Å². The second-order valence-corrected chi connectivity index (χ2v) is 7.08. The highest BCUT2D eigenvalue weighted by molar-refractivity contribution is 6.18. The van der Waals surface area contributed by atoms with E-state index in [9.17, 15) is 0 Å². The molecule has 2 aromatic rings. The second-order valence-electron chi connectivity index (χ2n) is 6.77. The van der Waals surface area contributed by atoms with Crippen LogP contribution in [0.2, 0.25) is 0 Å². The van der Waals surface area contributed by atoms with Crippen molar-refractivity contribution in [1.82, 2.24) is 15.2 Å². The van der Waals surface area contributed by atoms with Crippen molar-refractivity contribution in [1.29, 1.82) is 0 Å². The number of halogens is 1. The molecule has 0 spiro atoms. The summed E-state index contributed by atoms with van der Waals surface area (Å²) in [5, 5.41) is 8.33. The van der Waals surface area contributed by atoms with Gasteiger partial charge in [-0.2, -0.15) is 0 Å². The molecule has 2 N–H and O–H groups in total. The zero-order valence-corrected chi connectivity index (χ0v) is 16.8. The van der Waals surface area contributed by atoms with Crippen LogP contribution in [0.3, 0.4) is 0 Å². The van der Waals surface area contributed by atoms with Crippen LogP contribution in [0.15, 0.2) is 52.2 Å². The Morgan fingerprint density at radius 2 is 2.18 bits per heavy atom. The Hall–Kier alpha value is -2.38. The zero-order chi connectivity index (χ0) is 19.8. The number of aromatic nitrogens is 3. The van der Waals surface area contributed by atoms with Crippen molar-refractivity contribution in [2.75, 3.05) is 30.5 Å². The quantitative estimate of drug-likeness (QED) is 0.533. The summed E-state index contributed by atoms with van der Waals surface area (Å²) in [6.45, 7) is 4.44. The van der Waals surface area contributed by atoms with Crippen LogP contribution < -0.4 is 10.6 Å².